The lowest BCUT2D eigenvalue weighted by Crippen LogP contribution is -2.68. The molecule has 0 unspecified atom stereocenters. The molecule has 0 bridgehead atoms. The van der Waals surface area contributed by atoms with E-state index in [1.807, 2.05) is 19.1 Å². The van der Waals surface area contributed by atoms with Gasteiger partial charge in [0.25, 0.3) is 18.4 Å². The molecule has 8 heteroatoms. The van der Waals surface area contributed by atoms with E-state index in [4.69, 9.17) is 8.61 Å². The first-order valence-corrected chi connectivity index (χ1v) is 19.8. The van der Waals surface area contributed by atoms with Crippen LogP contribution in [0.2, 0.25) is 5.04 Å². The van der Waals surface area contributed by atoms with Gasteiger partial charge in [-0.05, 0) is 77.1 Å². The van der Waals surface area contributed by atoms with Crippen LogP contribution in [0.4, 0.5) is 0 Å². The number of fused-ring (bicyclic) bond motifs is 1. The third-order valence-corrected chi connectivity index (χ3v) is 16.0. The van der Waals surface area contributed by atoms with Crippen molar-refractivity contribution in [1.29, 1.82) is 0 Å². The van der Waals surface area contributed by atoms with Crippen molar-refractivity contribution in [3.8, 4) is 0 Å². The van der Waals surface area contributed by atoms with Crippen LogP contribution in [0.3, 0.4) is 0 Å². The van der Waals surface area contributed by atoms with E-state index in [9.17, 15) is 18.3 Å². The van der Waals surface area contributed by atoms with Crippen LogP contribution in [0.1, 0.15) is 67.7 Å². The number of hydrogen-bond acceptors (Lipinski definition) is 5. The van der Waals surface area contributed by atoms with Gasteiger partial charge in [0.1, 0.15) is 0 Å². The van der Waals surface area contributed by atoms with Gasteiger partial charge in [0, 0.05) is 6.10 Å². The molecule has 2 aromatic carbocycles. The molecule has 1 N–H and O–H groups in total. The molecule has 2 aromatic rings. The Morgan fingerprint density at radius 2 is 1.50 bits per heavy atom. The third-order valence-electron chi connectivity index (χ3n) is 10.3. The summed E-state index contributed by atoms with van der Waals surface area (Å²) in [5.74, 6) is -0.836. The first kappa shape index (κ1) is 34.6. The zero-order valence-electron chi connectivity index (χ0n) is 27.7. The van der Waals surface area contributed by atoms with E-state index in [1.54, 1.807) is 0 Å². The van der Waals surface area contributed by atoms with Crippen LogP contribution in [0, 0.1) is 41.4 Å². The number of benzene rings is 2. The molecular formula is C36H52O6SSi. The predicted octanol–water partition coefficient (Wildman–Crippen LogP) is 6.51. The maximum Gasteiger partial charge on any atom is 0.306 e. The first-order valence-electron chi connectivity index (χ1n) is 16.1. The molecule has 1 saturated carbocycles. The van der Waals surface area contributed by atoms with Crippen LogP contribution in [0.5, 0.6) is 0 Å². The van der Waals surface area contributed by atoms with Gasteiger partial charge in [-0.25, -0.2) is 0 Å². The molecule has 0 aromatic heterocycles. The molecular weight excluding hydrogens is 589 g/mol. The highest BCUT2D eigenvalue weighted by Gasteiger charge is 2.54. The molecule has 0 spiro atoms. The Morgan fingerprint density at radius 3 is 1.95 bits per heavy atom. The average molecular weight is 641 g/mol. The molecule has 1 fully saturated rings. The molecule has 2 aliphatic rings. The van der Waals surface area contributed by atoms with E-state index in [1.165, 1.54) is 15.9 Å². The largest absolute Gasteiger partial charge is 0.481 e. The number of rotatable bonds is 11. The normalized spacial score (nSPS) is 26.0. The Labute approximate surface area is 266 Å². The Hall–Kier alpha value is -2.26. The lowest BCUT2D eigenvalue weighted by molar-refractivity contribution is -0.145. The topological polar surface area (TPSA) is 89.9 Å². The van der Waals surface area contributed by atoms with Gasteiger partial charge in [0.05, 0.1) is 18.8 Å². The fourth-order valence-corrected chi connectivity index (χ4v) is 13.3. The number of carboxylic acids is 1. The predicted molar refractivity (Wildman–Crippen MR) is 180 cm³/mol. The smallest absolute Gasteiger partial charge is 0.306 e. The van der Waals surface area contributed by atoms with Gasteiger partial charge in [-0.15, -0.1) is 0 Å². The van der Waals surface area contributed by atoms with Crippen molar-refractivity contribution >= 4 is 34.8 Å². The van der Waals surface area contributed by atoms with E-state index < -0.39 is 30.3 Å². The Kier molecular flexibility index (Phi) is 10.7. The number of hydrogen-bond donors (Lipinski definition) is 1. The fraction of sp³-hybridized carbons (Fsp3) is 0.583. The van der Waals surface area contributed by atoms with E-state index >= 15 is 0 Å². The second-order valence-electron chi connectivity index (χ2n) is 14.7. The monoisotopic (exact) mass is 640 g/mol. The summed E-state index contributed by atoms with van der Waals surface area (Å²) in [6, 6.07) is 21.2. The SMILES string of the molecule is CC1=C[C@@H]2[C@H]([C@H](C)C(=O)O)C[C@@H](O[Si](c3ccccc3)(c3ccccc3)C(C)(C)C)C[C@@H]2[C@H]([C@H](COS(C)(=O)=O)C(C)C)C1. The summed E-state index contributed by atoms with van der Waals surface area (Å²) in [7, 11) is -6.47. The summed E-state index contributed by atoms with van der Waals surface area (Å²) in [6.07, 6.45) is 5.59. The quantitative estimate of drug-likeness (QED) is 0.171. The van der Waals surface area contributed by atoms with Crippen LogP contribution in [0.15, 0.2) is 72.3 Å². The Balaban J connectivity index is 1.83. The van der Waals surface area contributed by atoms with Crippen molar-refractivity contribution in [2.75, 3.05) is 12.9 Å². The Bertz CT molecular complexity index is 1360. The van der Waals surface area contributed by atoms with Gasteiger partial charge in [-0.1, -0.05) is 114 Å². The van der Waals surface area contributed by atoms with Gasteiger partial charge in [-0.3, -0.25) is 8.98 Å². The fourth-order valence-electron chi connectivity index (χ4n) is 8.20. The third kappa shape index (κ3) is 7.40. The highest BCUT2D eigenvalue weighted by Crippen LogP contribution is 2.53. The number of carbonyl (C=O) groups is 1. The standard InChI is InChI=1S/C36H52O6SSi/c1-24(2)34(23-41-43(8,39)40)32-20-25(3)19-31-30(26(4)35(37)38)21-27(22-33(31)32)42-44(36(5,6)7,28-15-11-9-12-16-28)29-17-13-10-14-18-29/h9-19,24,26-27,30-34H,20-23H2,1-8H3,(H,37,38)/t26-,27+,30-,31+,32+,33-,34+/m0/s1. The summed E-state index contributed by atoms with van der Waals surface area (Å²) < 4.78 is 37.2. The van der Waals surface area contributed by atoms with E-state index in [0.29, 0.717) is 6.42 Å². The molecule has 2 aliphatic carbocycles. The molecule has 6 nitrogen and oxygen atoms in total. The van der Waals surface area contributed by atoms with Crippen LogP contribution >= 0.6 is 0 Å². The van der Waals surface area contributed by atoms with Gasteiger partial charge in [0.15, 0.2) is 0 Å². The summed E-state index contributed by atoms with van der Waals surface area (Å²) in [5.41, 5.74) is 1.25. The number of allylic oxidation sites excluding steroid dienone is 2. The van der Waals surface area contributed by atoms with Crippen molar-refractivity contribution in [2.24, 2.45) is 41.4 Å². The minimum absolute atomic E-state index is 0.00766. The van der Waals surface area contributed by atoms with Crippen LogP contribution in [0.25, 0.3) is 0 Å². The molecule has 7 atom stereocenters. The van der Waals surface area contributed by atoms with Crippen LogP contribution in [-0.2, 0) is 23.5 Å². The van der Waals surface area contributed by atoms with Crippen molar-refractivity contribution in [3.63, 3.8) is 0 Å². The van der Waals surface area contributed by atoms with Gasteiger partial charge in [-0.2, -0.15) is 8.42 Å². The summed E-state index contributed by atoms with van der Waals surface area (Å²) in [5, 5.41) is 12.5. The molecule has 4 rings (SSSR count). The molecule has 0 amide bonds. The zero-order valence-corrected chi connectivity index (χ0v) is 29.5. The second-order valence-corrected chi connectivity index (χ2v) is 20.6. The summed E-state index contributed by atoms with van der Waals surface area (Å²) in [4.78, 5) is 12.5. The van der Waals surface area contributed by atoms with Gasteiger partial charge >= 0.3 is 5.97 Å². The van der Waals surface area contributed by atoms with Crippen molar-refractivity contribution in [2.45, 2.75) is 78.9 Å². The average Bonchev–Trinajstić information content (AvgIpc) is 2.94. The Morgan fingerprint density at radius 1 is 0.955 bits per heavy atom. The minimum Gasteiger partial charge on any atom is -0.481 e. The number of aliphatic carboxylic acids is 1. The molecule has 0 heterocycles. The van der Waals surface area contributed by atoms with Crippen molar-refractivity contribution in [1.82, 2.24) is 0 Å². The zero-order chi connectivity index (χ0) is 32.4. The molecule has 242 valence electrons. The second kappa shape index (κ2) is 13.6. The van der Waals surface area contributed by atoms with E-state index in [2.05, 4.69) is 96.1 Å². The minimum atomic E-state index is -3.59. The number of carboxylic acid groups (broad SMARTS) is 1. The van der Waals surface area contributed by atoms with Crippen LogP contribution in [-0.4, -0.2) is 46.8 Å². The summed E-state index contributed by atoms with van der Waals surface area (Å²) in [6.45, 7) is 15.2. The van der Waals surface area contributed by atoms with Gasteiger partial charge < -0.3 is 9.53 Å². The maximum absolute atomic E-state index is 12.5. The summed E-state index contributed by atoms with van der Waals surface area (Å²) >= 11 is 0. The highest BCUT2D eigenvalue weighted by atomic mass is 32.2. The van der Waals surface area contributed by atoms with E-state index in [0.717, 1.165) is 19.1 Å². The van der Waals surface area contributed by atoms with Crippen molar-refractivity contribution in [3.05, 3.63) is 72.3 Å². The van der Waals surface area contributed by atoms with Crippen molar-refractivity contribution < 1.29 is 26.9 Å². The van der Waals surface area contributed by atoms with E-state index in [-0.39, 0.29) is 53.3 Å². The van der Waals surface area contributed by atoms with Crippen LogP contribution < -0.4 is 10.4 Å². The first-order chi connectivity index (χ1) is 20.5. The van der Waals surface area contributed by atoms with Gasteiger partial charge in [0.2, 0.25) is 0 Å². The lowest BCUT2D eigenvalue weighted by Gasteiger charge is -2.53. The lowest BCUT2D eigenvalue weighted by atomic mass is 9.56. The highest BCUT2D eigenvalue weighted by molar-refractivity contribution is 7.85. The molecule has 0 saturated heterocycles. The maximum atomic E-state index is 12.5. The molecule has 0 aliphatic heterocycles. The molecule has 44 heavy (non-hydrogen) atoms. The molecule has 0 radical (unpaired) electrons.